The normalized spacial score (nSPS) is 11.7. The molecule has 1 heterocycles. The van der Waals surface area contributed by atoms with Crippen LogP contribution in [0.15, 0.2) is 36.4 Å². The first-order valence-electron chi connectivity index (χ1n) is 35.3. The summed E-state index contributed by atoms with van der Waals surface area (Å²) in [5.41, 5.74) is 2.84. The Morgan fingerprint density at radius 1 is 0.227 bits per heavy atom. The summed E-state index contributed by atoms with van der Waals surface area (Å²) < 4.78 is 73.6. The molecule has 0 aliphatic carbocycles. The highest BCUT2D eigenvalue weighted by atomic mass is 16.6. The van der Waals surface area contributed by atoms with E-state index in [9.17, 15) is 0 Å². The lowest BCUT2D eigenvalue weighted by Crippen LogP contribution is -2.14. The Bertz CT molecular complexity index is 2370. The van der Waals surface area contributed by atoms with E-state index in [1.54, 1.807) is 14.2 Å². The molecule has 88 heavy (non-hydrogen) atoms. The summed E-state index contributed by atoms with van der Waals surface area (Å²) in [5, 5.41) is 3.85. The van der Waals surface area contributed by atoms with Gasteiger partial charge in [0.2, 0.25) is 0 Å². The van der Waals surface area contributed by atoms with Gasteiger partial charge in [0.15, 0.2) is 34.5 Å². The Hall–Kier alpha value is -4.44. The topological polar surface area (TPSA) is 137 Å². The molecule has 5 aromatic rings. The lowest BCUT2D eigenvalue weighted by atomic mass is 9.97. The van der Waals surface area contributed by atoms with Crippen molar-refractivity contribution in [1.29, 1.82) is 0 Å². The van der Waals surface area contributed by atoms with E-state index in [0.29, 0.717) is 115 Å². The second kappa shape index (κ2) is 49.3. The molecule has 4 aromatic carbocycles. The van der Waals surface area contributed by atoms with Crippen LogP contribution in [0.4, 0.5) is 0 Å². The largest absolute Gasteiger partial charge is 0.490 e. The molecule has 0 radical (unpaired) electrons. The Labute approximate surface area is 532 Å². The van der Waals surface area contributed by atoms with Crippen molar-refractivity contribution >= 4 is 43.6 Å². The van der Waals surface area contributed by atoms with E-state index in [4.69, 9.17) is 66.8 Å². The minimum atomic E-state index is 0.288. The summed E-state index contributed by atoms with van der Waals surface area (Å²) in [6.45, 7) is 16.8. The maximum atomic E-state index is 6.85. The van der Waals surface area contributed by atoms with E-state index in [1.165, 1.54) is 154 Å². The van der Waals surface area contributed by atoms with Crippen LogP contribution in [0.1, 0.15) is 233 Å². The number of hydrogen-bond donors (Lipinski definition) is 0. The van der Waals surface area contributed by atoms with E-state index < -0.39 is 0 Å². The zero-order chi connectivity index (χ0) is 62.2. The highest BCUT2D eigenvalue weighted by molar-refractivity contribution is 6.25. The quantitative estimate of drug-likeness (QED) is 0.0207. The summed E-state index contributed by atoms with van der Waals surface area (Å²) in [4.78, 5) is 11.1. The molecule has 0 spiro atoms. The Kier molecular flexibility index (Phi) is 41.6. The van der Waals surface area contributed by atoms with Gasteiger partial charge >= 0.3 is 0 Å². The first-order chi connectivity index (χ1) is 43.6. The van der Waals surface area contributed by atoms with Gasteiger partial charge in [-0.15, -0.1) is 0 Å². The first kappa shape index (κ1) is 74.3. The van der Waals surface area contributed by atoms with Crippen LogP contribution < -0.4 is 28.4 Å². The molecule has 0 bridgehead atoms. The average Bonchev–Trinajstić information content (AvgIpc) is 0.833. The zero-order valence-electron chi connectivity index (χ0n) is 56.2. The molecule has 5 rings (SSSR count). The van der Waals surface area contributed by atoms with Gasteiger partial charge in [-0.05, 0) is 60.7 Å². The highest BCUT2D eigenvalue weighted by Crippen LogP contribution is 2.45. The predicted molar refractivity (Wildman–Crippen MR) is 362 cm³/mol. The smallest absolute Gasteiger partial charge is 0.163 e. The van der Waals surface area contributed by atoms with Gasteiger partial charge in [0.1, 0.15) is 13.2 Å². The molecule has 498 valence electrons. The number of hydrogen-bond acceptors (Lipinski definition) is 14. The SMILES string of the molecule is CCCCCCCCCCOc1cc2c3cc(OCCCCCCCCCC)c(OCCCCCCCCCC)cc3c3nc4cc(OCCOCCOCCOC)c(OCCOCCOCCOC)cc4nc3c2cc1OCCCCCCCCCC. The third-order valence-corrected chi connectivity index (χ3v) is 16.3. The third-order valence-electron chi connectivity index (χ3n) is 16.3. The Morgan fingerprint density at radius 3 is 0.716 bits per heavy atom. The Morgan fingerprint density at radius 2 is 0.443 bits per heavy atom. The number of nitrogens with zero attached hydrogens (tertiary/aromatic N) is 2. The van der Waals surface area contributed by atoms with Crippen LogP contribution >= 0.6 is 0 Å². The summed E-state index contributed by atoms with van der Waals surface area (Å²) >= 11 is 0. The number of methoxy groups -OCH3 is 2. The third kappa shape index (κ3) is 29.7. The fourth-order valence-corrected chi connectivity index (χ4v) is 11.1. The van der Waals surface area contributed by atoms with Crippen LogP contribution in [0.5, 0.6) is 34.5 Å². The van der Waals surface area contributed by atoms with Crippen LogP contribution in [0.3, 0.4) is 0 Å². The number of benzene rings is 4. The van der Waals surface area contributed by atoms with Crippen molar-refractivity contribution in [2.45, 2.75) is 233 Å². The van der Waals surface area contributed by atoms with Crippen molar-refractivity contribution in [2.24, 2.45) is 0 Å². The predicted octanol–water partition coefficient (Wildman–Crippen LogP) is 19.3. The van der Waals surface area contributed by atoms with Crippen molar-refractivity contribution in [3.63, 3.8) is 0 Å². The molecule has 0 saturated heterocycles. The van der Waals surface area contributed by atoms with E-state index >= 15 is 0 Å². The first-order valence-corrected chi connectivity index (χ1v) is 35.3. The molecule has 14 heteroatoms. The van der Waals surface area contributed by atoms with Crippen LogP contribution in [0, 0.1) is 0 Å². The van der Waals surface area contributed by atoms with E-state index in [1.807, 2.05) is 12.1 Å². The molecule has 0 aliphatic heterocycles. The summed E-state index contributed by atoms with van der Waals surface area (Å²) in [5.74, 6) is 4.05. The monoisotopic (exact) mass is 1230 g/mol. The number of fused-ring (bicyclic) bond motifs is 7. The number of unbranched alkanes of at least 4 members (excludes halogenated alkanes) is 28. The number of ether oxygens (including phenoxy) is 12. The molecule has 0 unspecified atom stereocenters. The second-order valence-corrected chi connectivity index (χ2v) is 23.8. The second-order valence-electron chi connectivity index (χ2n) is 23.8. The van der Waals surface area contributed by atoms with Crippen molar-refractivity contribution in [2.75, 3.05) is 120 Å². The maximum Gasteiger partial charge on any atom is 0.163 e. The van der Waals surface area contributed by atoms with Gasteiger partial charge in [-0.2, -0.15) is 0 Å². The minimum absolute atomic E-state index is 0.288. The van der Waals surface area contributed by atoms with Gasteiger partial charge in [0, 0.05) is 37.1 Å². The van der Waals surface area contributed by atoms with Gasteiger partial charge in [0.25, 0.3) is 0 Å². The van der Waals surface area contributed by atoms with E-state index in [-0.39, 0.29) is 13.2 Å². The van der Waals surface area contributed by atoms with Gasteiger partial charge in [-0.3, -0.25) is 0 Å². The molecule has 0 atom stereocenters. The standard InChI is InChI=1S/C74H120N2O12/c1-7-11-15-19-23-27-31-35-39-83-67-55-61-62-56-68(84-40-36-32-28-24-20-16-12-8-2)70(86-42-38-34-30-26-22-18-14-10-4)58-64(62)74-73(63(61)57-69(67)85-41-37-33-29-25-21-17-13-9-3)75-65-59-71(87-53-51-81-49-47-79-45-43-77-5)72(60-66(65)76-74)88-54-52-82-50-48-80-46-44-78-6/h55-60H,7-54H2,1-6H3. The average molecular weight is 1230 g/mol. The fourth-order valence-electron chi connectivity index (χ4n) is 11.1. The van der Waals surface area contributed by atoms with Gasteiger partial charge in [-0.1, -0.05) is 207 Å². The Balaban J connectivity index is 1.60. The molecule has 1 aromatic heterocycles. The van der Waals surface area contributed by atoms with Gasteiger partial charge < -0.3 is 56.8 Å². The highest BCUT2D eigenvalue weighted by Gasteiger charge is 2.22. The lowest BCUT2D eigenvalue weighted by Gasteiger charge is -2.19. The summed E-state index contributed by atoms with van der Waals surface area (Å²) in [7, 11) is 3.33. The van der Waals surface area contributed by atoms with Crippen LogP contribution in [0.25, 0.3) is 43.6 Å². The van der Waals surface area contributed by atoms with Crippen molar-refractivity contribution in [3.8, 4) is 34.5 Å². The van der Waals surface area contributed by atoms with E-state index in [2.05, 4.69) is 52.0 Å². The molecule has 0 fully saturated rings. The van der Waals surface area contributed by atoms with E-state index in [0.717, 1.165) is 107 Å². The number of rotatable bonds is 60. The summed E-state index contributed by atoms with van der Waals surface area (Å²) in [6.07, 6.45) is 39.2. The van der Waals surface area contributed by atoms with Gasteiger partial charge in [-0.25, -0.2) is 9.97 Å². The minimum Gasteiger partial charge on any atom is -0.490 e. The van der Waals surface area contributed by atoms with Crippen molar-refractivity contribution < 1.29 is 56.8 Å². The lowest BCUT2D eigenvalue weighted by molar-refractivity contribution is 0.0160. The van der Waals surface area contributed by atoms with Gasteiger partial charge in [0.05, 0.1) is 115 Å². The molecule has 0 aliphatic rings. The fraction of sp³-hybridized carbons (Fsp3) is 0.730. The number of aromatic nitrogens is 2. The van der Waals surface area contributed by atoms with Crippen molar-refractivity contribution in [1.82, 2.24) is 9.97 Å². The molecule has 0 N–H and O–H groups in total. The molecular weight excluding hydrogens is 1110 g/mol. The maximum absolute atomic E-state index is 6.85. The van der Waals surface area contributed by atoms with Crippen molar-refractivity contribution in [3.05, 3.63) is 36.4 Å². The van der Waals surface area contributed by atoms with Crippen LogP contribution in [0.2, 0.25) is 0 Å². The van der Waals surface area contributed by atoms with Crippen LogP contribution in [-0.2, 0) is 28.4 Å². The molecule has 0 saturated carbocycles. The summed E-state index contributed by atoms with van der Waals surface area (Å²) in [6, 6.07) is 12.6. The molecular formula is C74H120N2O12. The van der Waals surface area contributed by atoms with Crippen LogP contribution in [-0.4, -0.2) is 130 Å². The zero-order valence-corrected chi connectivity index (χ0v) is 56.2. The molecule has 0 amide bonds. The molecule has 14 nitrogen and oxygen atoms in total.